The van der Waals surface area contributed by atoms with Gasteiger partial charge < -0.3 is 10.6 Å². The summed E-state index contributed by atoms with van der Waals surface area (Å²) in [5, 5.41) is 6.36. The number of aryl methyl sites for hydroxylation is 1. The smallest absolute Gasteiger partial charge is 0.255 e. The number of fused-ring (bicyclic) bond motifs is 1. The maximum Gasteiger partial charge on any atom is 0.255 e. The number of hydrogen-bond acceptors (Lipinski definition) is 5. The Hall–Kier alpha value is -2.99. The molecule has 1 aliphatic carbocycles. The van der Waals surface area contributed by atoms with Gasteiger partial charge >= 0.3 is 0 Å². The molecule has 0 radical (unpaired) electrons. The number of hydrogen-bond donors (Lipinski definition) is 2. The van der Waals surface area contributed by atoms with Crippen molar-refractivity contribution in [2.75, 3.05) is 10.6 Å². The largest absolute Gasteiger partial charge is 0.363 e. The summed E-state index contributed by atoms with van der Waals surface area (Å²) < 4.78 is 1.06. The second-order valence-corrected chi connectivity index (χ2v) is 7.06. The predicted molar refractivity (Wildman–Crippen MR) is 106 cm³/mol. The van der Waals surface area contributed by atoms with Gasteiger partial charge in [0.05, 0.1) is 21.8 Å². The van der Waals surface area contributed by atoms with Gasteiger partial charge in [-0.25, -0.2) is 9.97 Å². The fourth-order valence-corrected chi connectivity index (χ4v) is 3.60. The molecule has 1 aromatic carbocycles. The molecular weight excluding hydrogens is 344 g/mol. The van der Waals surface area contributed by atoms with Gasteiger partial charge in [0.1, 0.15) is 5.82 Å². The van der Waals surface area contributed by atoms with Crippen LogP contribution in [0.15, 0.2) is 65.8 Å². The SMILES string of the molecule is Cc1cccnc1NC1C=C(C(=O)Nc2ccc3ncsc3c2)C=CC1. The van der Waals surface area contributed by atoms with E-state index in [0.717, 1.165) is 33.7 Å². The molecule has 130 valence electrons. The van der Waals surface area contributed by atoms with Crippen molar-refractivity contribution in [3.63, 3.8) is 0 Å². The molecule has 26 heavy (non-hydrogen) atoms. The zero-order chi connectivity index (χ0) is 17.9. The van der Waals surface area contributed by atoms with Crippen LogP contribution < -0.4 is 10.6 Å². The van der Waals surface area contributed by atoms with E-state index < -0.39 is 0 Å². The molecule has 1 unspecified atom stereocenters. The number of nitrogens with zero attached hydrogens (tertiary/aromatic N) is 2. The molecule has 5 nitrogen and oxygen atoms in total. The van der Waals surface area contributed by atoms with E-state index in [0.29, 0.717) is 5.57 Å². The molecular formula is C20H18N4OS. The van der Waals surface area contributed by atoms with Crippen LogP contribution in [0.5, 0.6) is 0 Å². The number of benzene rings is 1. The van der Waals surface area contributed by atoms with Gasteiger partial charge in [0, 0.05) is 17.5 Å². The first-order valence-corrected chi connectivity index (χ1v) is 9.28. The van der Waals surface area contributed by atoms with Gasteiger partial charge in [-0.2, -0.15) is 0 Å². The van der Waals surface area contributed by atoms with E-state index >= 15 is 0 Å². The highest BCUT2D eigenvalue weighted by molar-refractivity contribution is 7.16. The number of anilines is 2. The minimum absolute atomic E-state index is 0.0401. The topological polar surface area (TPSA) is 66.9 Å². The third kappa shape index (κ3) is 3.50. The number of rotatable bonds is 4. The van der Waals surface area contributed by atoms with Crippen molar-refractivity contribution in [2.45, 2.75) is 19.4 Å². The molecule has 1 aliphatic rings. The van der Waals surface area contributed by atoms with Crippen LogP contribution in [-0.4, -0.2) is 21.9 Å². The molecule has 2 aromatic heterocycles. The van der Waals surface area contributed by atoms with E-state index in [1.54, 1.807) is 23.0 Å². The third-order valence-corrected chi connectivity index (χ3v) is 5.04. The average molecular weight is 362 g/mol. The van der Waals surface area contributed by atoms with Gasteiger partial charge in [-0.1, -0.05) is 18.2 Å². The molecule has 0 saturated carbocycles. The lowest BCUT2D eigenvalue weighted by atomic mass is 10.0. The van der Waals surface area contributed by atoms with Crippen molar-refractivity contribution in [1.29, 1.82) is 0 Å². The number of nitrogens with one attached hydrogen (secondary N) is 2. The zero-order valence-corrected chi connectivity index (χ0v) is 15.1. The van der Waals surface area contributed by atoms with Crippen LogP contribution in [0, 0.1) is 6.92 Å². The van der Waals surface area contributed by atoms with Crippen molar-refractivity contribution in [3.8, 4) is 0 Å². The number of carbonyl (C=O) groups is 1. The number of pyridine rings is 1. The second-order valence-electron chi connectivity index (χ2n) is 6.17. The summed E-state index contributed by atoms with van der Waals surface area (Å²) in [6.45, 7) is 2.01. The highest BCUT2D eigenvalue weighted by atomic mass is 32.1. The molecule has 3 aromatic rings. The predicted octanol–water partition coefficient (Wildman–Crippen LogP) is 4.31. The molecule has 4 rings (SSSR count). The molecule has 2 N–H and O–H groups in total. The van der Waals surface area contributed by atoms with E-state index in [1.165, 1.54) is 0 Å². The maximum atomic E-state index is 12.6. The first-order valence-electron chi connectivity index (χ1n) is 8.40. The summed E-state index contributed by atoms with van der Waals surface area (Å²) in [5.41, 5.74) is 5.25. The van der Waals surface area contributed by atoms with Gasteiger partial charge in [0.15, 0.2) is 0 Å². The highest BCUT2D eigenvalue weighted by Crippen LogP contribution is 2.23. The fraction of sp³-hybridized carbons (Fsp3) is 0.150. The summed E-state index contributed by atoms with van der Waals surface area (Å²) in [5.74, 6) is 0.730. The first kappa shape index (κ1) is 16.5. The van der Waals surface area contributed by atoms with E-state index in [-0.39, 0.29) is 11.9 Å². The minimum atomic E-state index is -0.116. The number of thiazole rings is 1. The summed E-state index contributed by atoms with van der Waals surface area (Å²) in [7, 11) is 0. The molecule has 0 saturated heterocycles. The van der Waals surface area contributed by atoms with E-state index in [9.17, 15) is 4.79 Å². The number of amides is 1. The molecule has 6 heteroatoms. The Morgan fingerprint density at radius 3 is 3.08 bits per heavy atom. The van der Waals surface area contributed by atoms with Crippen LogP contribution in [-0.2, 0) is 4.79 Å². The number of aromatic nitrogens is 2. The zero-order valence-electron chi connectivity index (χ0n) is 14.3. The van der Waals surface area contributed by atoms with Crippen LogP contribution in [0.25, 0.3) is 10.2 Å². The van der Waals surface area contributed by atoms with Crippen molar-refractivity contribution in [3.05, 3.63) is 71.4 Å². The highest BCUT2D eigenvalue weighted by Gasteiger charge is 2.16. The molecule has 0 spiro atoms. The van der Waals surface area contributed by atoms with Crippen molar-refractivity contribution < 1.29 is 4.79 Å². The van der Waals surface area contributed by atoms with Crippen LogP contribution in [0.1, 0.15) is 12.0 Å². The van der Waals surface area contributed by atoms with Gasteiger partial charge in [0.25, 0.3) is 5.91 Å². The Bertz CT molecular complexity index is 1020. The summed E-state index contributed by atoms with van der Waals surface area (Å²) >= 11 is 1.56. The summed E-state index contributed by atoms with van der Waals surface area (Å²) in [6, 6.07) is 9.71. The Morgan fingerprint density at radius 1 is 1.27 bits per heavy atom. The van der Waals surface area contributed by atoms with Crippen molar-refractivity contribution >= 4 is 39.0 Å². The van der Waals surface area contributed by atoms with E-state index in [4.69, 9.17) is 0 Å². The molecule has 0 aliphatic heterocycles. The average Bonchev–Trinajstić information content (AvgIpc) is 3.12. The lowest BCUT2D eigenvalue weighted by molar-refractivity contribution is -0.112. The van der Waals surface area contributed by atoms with E-state index in [1.807, 2.05) is 55.5 Å². The number of carbonyl (C=O) groups excluding carboxylic acids is 1. The van der Waals surface area contributed by atoms with Crippen LogP contribution in [0.4, 0.5) is 11.5 Å². The Balaban J connectivity index is 1.48. The first-order chi connectivity index (χ1) is 12.7. The fourth-order valence-electron chi connectivity index (χ4n) is 2.88. The van der Waals surface area contributed by atoms with Crippen molar-refractivity contribution in [2.24, 2.45) is 0 Å². The van der Waals surface area contributed by atoms with Gasteiger partial charge in [-0.3, -0.25) is 4.79 Å². The lowest BCUT2D eigenvalue weighted by Gasteiger charge is -2.19. The van der Waals surface area contributed by atoms with Crippen molar-refractivity contribution in [1.82, 2.24) is 9.97 Å². The monoisotopic (exact) mass is 362 g/mol. The Labute approximate surface area is 155 Å². The molecule has 1 atom stereocenters. The third-order valence-electron chi connectivity index (χ3n) is 4.25. The van der Waals surface area contributed by atoms with Crippen LogP contribution in [0.2, 0.25) is 0 Å². The minimum Gasteiger partial charge on any atom is -0.363 e. The lowest BCUT2D eigenvalue weighted by Crippen LogP contribution is -2.23. The molecule has 0 bridgehead atoms. The summed E-state index contributed by atoms with van der Waals surface area (Å²) in [4.78, 5) is 21.2. The van der Waals surface area contributed by atoms with E-state index in [2.05, 4.69) is 20.6 Å². The molecule has 1 amide bonds. The molecule has 2 heterocycles. The standard InChI is InChI=1S/C20H18N4OS/c1-13-4-3-9-21-19(13)23-15-6-2-5-14(10-15)20(25)24-16-7-8-17-18(11-16)26-12-22-17/h2-5,7-12,15H,6H2,1H3,(H,21,23)(H,24,25). The molecule has 0 fully saturated rings. The Kier molecular flexibility index (Phi) is 4.50. The van der Waals surface area contributed by atoms with Crippen LogP contribution in [0.3, 0.4) is 0 Å². The van der Waals surface area contributed by atoms with Gasteiger partial charge in [0.2, 0.25) is 0 Å². The van der Waals surface area contributed by atoms with Crippen LogP contribution >= 0.6 is 11.3 Å². The second kappa shape index (κ2) is 7.09. The summed E-state index contributed by atoms with van der Waals surface area (Å²) in [6.07, 6.45) is 8.41. The van der Waals surface area contributed by atoms with Gasteiger partial charge in [-0.15, -0.1) is 11.3 Å². The Morgan fingerprint density at radius 2 is 2.19 bits per heavy atom. The normalized spacial score (nSPS) is 16.3. The maximum absolute atomic E-state index is 12.6. The quantitative estimate of drug-likeness (QED) is 0.726. The van der Waals surface area contributed by atoms with Gasteiger partial charge in [-0.05, 0) is 49.2 Å².